The molecule has 0 aliphatic heterocycles. The van der Waals surface area contributed by atoms with E-state index in [1.54, 1.807) is 24.3 Å². The molecule has 0 fully saturated rings. The quantitative estimate of drug-likeness (QED) is 0.739. The molecular formula is C16H22N2O2. The van der Waals surface area contributed by atoms with Gasteiger partial charge in [0.1, 0.15) is 0 Å². The number of rotatable bonds is 8. The molecule has 0 atom stereocenters. The highest BCUT2D eigenvalue weighted by Gasteiger charge is 2.02. The molecule has 1 aromatic carbocycles. The van der Waals surface area contributed by atoms with Gasteiger partial charge in [0.25, 0.3) is 0 Å². The number of nitriles is 1. The summed E-state index contributed by atoms with van der Waals surface area (Å²) in [6.07, 6.45) is 2.22. The van der Waals surface area contributed by atoms with Gasteiger partial charge in [0, 0.05) is 25.3 Å². The Morgan fingerprint density at radius 3 is 2.60 bits per heavy atom. The van der Waals surface area contributed by atoms with Crippen LogP contribution in [-0.2, 0) is 9.53 Å². The Bertz CT molecular complexity index is 447. The molecule has 0 saturated heterocycles. The molecule has 0 saturated carbocycles. The topological polar surface area (TPSA) is 62.1 Å². The van der Waals surface area contributed by atoms with Crippen molar-refractivity contribution in [3.05, 3.63) is 29.8 Å². The molecule has 1 aromatic rings. The van der Waals surface area contributed by atoms with Crippen molar-refractivity contribution in [1.29, 1.82) is 5.26 Å². The van der Waals surface area contributed by atoms with Crippen LogP contribution in [0.25, 0.3) is 0 Å². The number of ether oxygens (including phenoxy) is 1. The summed E-state index contributed by atoms with van der Waals surface area (Å²) in [6.45, 7) is 5.70. The monoisotopic (exact) mass is 274 g/mol. The van der Waals surface area contributed by atoms with Gasteiger partial charge in [-0.15, -0.1) is 0 Å². The molecule has 0 aromatic heterocycles. The zero-order valence-electron chi connectivity index (χ0n) is 12.2. The minimum atomic E-state index is -0.0258. The van der Waals surface area contributed by atoms with Crippen LogP contribution < -0.4 is 5.32 Å². The number of nitrogens with one attached hydrogen (secondary N) is 1. The maximum atomic E-state index is 11.7. The normalized spacial score (nSPS) is 10.3. The van der Waals surface area contributed by atoms with E-state index in [1.165, 1.54) is 0 Å². The number of hydrogen-bond donors (Lipinski definition) is 1. The molecule has 4 nitrogen and oxygen atoms in total. The van der Waals surface area contributed by atoms with Crippen LogP contribution in [0.5, 0.6) is 0 Å². The Morgan fingerprint density at radius 1 is 1.30 bits per heavy atom. The van der Waals surface area contributed by atoms with E-state index in [-0.39, 0.29) is 5.91 Å². The second-order valence-corrected chi connectivity index (χ2v) is 5.14. The lowest BCUT2D eigenvalue weighted by Crippen LogP contribution is -2.12. The molecule has 1 amide bonds. The summed E-state index contributed by atoms with van der Waals surface area (Å²) in [5, 5.41) is 11.5. The van der Waals surface area contributed by atoms with Crippen LogP contribution in [0.1, 0.15) is 38.7 Å². The first-order valence-corrected chi connectivity index (χ1v) is 6.99. The maximum Gasteiger partial charge on any atom is 0.224 e. The second kappa shape index (κ2) is 9.11. The van der Waals surface area contributed by atoms with Crippen LogP contribution in [0.3, 0.4) is 0 Å². The van der Waals surface area contributed by atoms with Gasteiger partial charge in [-0.05, 0) is 43.0 Å². The average Bonchev–Trinajstić information content (AvgIpc) is 2.43. The van der Waals surface area contributed by atoms with Crippen molar-refractivity contribution >= 4 is 11.6 Å². The van der Waals surface area contributed by atoms with Crippen molar-refractivity contribution in [2.45, 2.75) is 33.1 Å². The number of carbonyl (C=O) groups is 1. The highest BCUT2D eigenvalue weighted by atomic mass is 16.5. The molecule has 20 heavy (non-hydrogen) atoms. The predicted octanol–water partition coefficient (Wildman–Crippen LogP) is 3.34. The van der Waals surface area contributed by atoms with Crippen molar-refractivity contribution in [3.8, 4) is 6.07 Å². The molecule has 4 heteroatoms. The molecule has 1 N–H and O–H groups in total. The highest BCUT2D eigenvalue weighted by molar-refractivity contribution is 5.90. The SMILES string of the molecule is CC(C)CCOCCCC(=O)Nc1ccc(C#N)cc1. The van der Waals surface area contributed by atoms with Crippen LogP contribution >= 0.6 is 0 Å². The number of carbonyl (C=O) groups excluding carboxylic acids is 1. The van der Waals surface area contributed by atoms with Crippen molar-refractivity contribution in [2.75, 3.05) is 18.5 Å². The van der Waals surface area contributed by atoms with Crippen LogP contribution in [0.2, 0.25) is 0 Å². The molecule has 0 spiro atoms. The molecule has 0 aliphatic rings. The lowest BCUT2D eigenvalue weighted by Gasteiger charge is -2.07. The first-order valence-electron chi connectivity index (χ1n) is 6.99. The number of benzene rings is 1. The van der Waals surface area contributed by atoms with Crippen molar-refractivity contribution in [1.82, 2.24) is 0 Å². The van der Waals surface area contributed by atoms with Gasteiger partial charge in [-0.25, -0.2) is 0 Å². The van der Waals surface area contributed by atoms with E-state index in [0.717, 1.165) is 25.1 Å². The molecule has 0 bridgehead atoms. The summed E-state index contributed by atoms with van der Waals surface area (Å²) in [7, 11) is 0. The Hall–Kier alpha value is -1.86. The zero-order chi connectivity index (χ0) is 14.8. The zero-order valence-corrected chi connectivity index (χ0v) is 12.2. The summed E-state index contributed by atoms with van der Waals surface area (Å²) >= 11 is 0. The molecule has 1 rings (SSSR count). The molecule has 0 unspecified atom stereocenters. The van der Waals surface area contributed by atoms with Gasteiger partial charge in [-0.3, -0.25) is 4.79 Å². The van der Waals surface area contributed by atoms with E-state index in [0.29, 0.717) is 24.5 Å². The van der Waals surface area contributed by atoms with Crippen molar-refractivity contribution in [3.63, 3.8) is 0 Å². The fraction of sp³-hybridized carbons (Fsp3) is 0.500. The van der Waals surface area contributed by atoms with Gasteiger partial charge in [0.15, 0.2) is 0 Å². The molecule has 0 heterocycles. The summed E-state index contributed by atoms with van der Waals surface area (Å²) in [5.41, 5.74) is 1.30. The summed E-state index contributed by atoms with van der Waals surface area (Å²) in [5.74, 6) is 0.622. The van der Waals surface area contributed by atoms with Crippen LogP contribution in [0, 0.1) is 17.2 Å². The van der Waals surface area contributed by atoms with Gasteiger partial charge in [0.2, 0.25) is 5.91 Å². The van der Waals surface area contributed by atoms with Crippen LogP contribution in [0.4, 0.5) is 5.69 Å². The van der Waals surface area contributed by atoms with E-state index in [9.17, 15) is 4.79 Å². The summed E-state index contributed by atoms with van der Waals surface area (Å²) in [6, 6.07) is 8.87. The smallest absolute Gasteiger partial charge is 0.224 e. The molecular weight excluding hydrogens is 252 g/mol. The van der Waals surface area contributed by atoms with Gasteiger partial charge in [-0.1, -0.05) is 13.8 Å². The van der Waals surface area contributed by atoms with E-state index < -0.39 is 0 Å². The fourth-order valence-electron chi connectivity index (χ4n) is 1.61. The highest BCUT2D eigenvalue weighted by Crippen LogP contribution is 2.09. The largest absolute Gasteiger partial charge is 0.381 e. The molecule has 0 aliphatic carbocycles. The first-order chi connectivity index (χ1) is 9.61. The van der Waals surface area contributed by atoms with E-state index >= 15 is 0 Å². The fourth-order valence-corrected chi connectivity index (χ4v) is 1.61. The Labute approximate surface area is 120 Å². The van der Waals surface area contributed by atoms with Gasteiger partial charge >= 0.3 is 0 Å². The first kappa shape index (κ1) is 16.2. The molecule has 0 radical (unpaired) electrons. The average molecular weight is 274 g/mol. The van der Waals surface area contributed by atoms with Gasteiger partial charge in [0.05, 0.1) is 11.6 Å². The minimum absolute atomic E-state index is 0.0258. The van der Waals surface area contributed by atoms with Gasteiger partial charge in [-0.2, -0.15) is 5.26 Å². The third-order valence-electron chi connectivity index (χ3n) is 2.83. The maximum absolute atomic E-state index is 11.7. The number of anilines is 1. The lowest BCUT2D eigenvalue weighted by atomic mass is 10.1. The Balaban J connectivity index is 2.15. The van der Waals surface area contributed by atoms with Crippen molar-refractivity contribution in [2.24, 2.45) is 5.92 Å². The summed E-state index contributed by atoms with van der Waals surface area (Å²) in [4.78, 5) is 11.7. The Morgan fingerprint density at radius 2 is 2.00 bits per heavy atom. The van der Waals surface area contributed by atoms with Crippen LogP contribution in [0.15, 0.2) is 24.3 Å². The van der Waals surface area contributed by atoms with E-state index in [1.807, 2.05) is 6.07 Å². The standard InChI is InChI=1S/C16H22N2O2/c1-13(2)9-11-20-10-3-4-16(19)18-15-7-5-14(12-17)6-8-15/h5-8,13H,3-4,9-11H2,1-2H3,(H,18,19). The van der Waals surface area contributed by atoms with Gasteiger partial charge < -0.3 is 10.1 Å². The minimum Gasteiger partial charge on any atom is -0.381 e. The third kappa shape index (κ3) is 6.91. The Kier molecular flexibility index (Phi) is 7.38. The number of hydrogen-bond acceptors (Lipinski definition) is 3. The van der Waals surface area contributed by atoms with Crippen LogP contribution in [-0.4, -0.2) is 19.1 Å². The van der Waals surface area contributed by atoms with Crippen molar-refractivity contribution < 1.29 is 9.53 Å². The van der Waals surface area contributed by atoms with E-state index in [4.69, 9.17) is 10.00 Å². The summed E-state index contributed by atoms with van der Waals surface area (Å²) < 4.78 is 5.46. The molecule has 108 valence electrons. The van der Waals surface area contributed by atoms with E-state index in [2.05, 4.69) is 19.2 Å². The number of nitrogens with zero attached hydrogens (tertiary/aromatic N) is 1. The third-order valence-corrected chi connectivity index (χ3v) is 2.83. The lowest BCUT2D eigenvalue weighted by molar-refractivity contribution is -0.116. The second-order valence-electron chi connectivity index (χ2n) is 5.14. The number of amides is 1. The predicted molar refractivity (Wildman–Crippen MR) is 79.3 cm³/mol.